The maximum atomic E-state index is 10.6. The molecule has 0 saturated carbocycles. The van der Waals surface area contributed by atoms with Crippen molar-refractivity contribution in [3.8, 4) is 0 Å². The lowest BCUT2D eigenvalue weighted by atomic mass is 10.3. The van der Waals surface area contributed by atoms with Crippen LogP contribution >= 0.6 is 0 Å². The SMILES string of the molecule is C=CC(=O)OCCCC=CCO[SiH3]. The van der Waals surface area contributed by atoms with Crippen molar-refractivity contribution in [3.63, 3.8) is 0 Å². The first-order valence-electron chi connectivity index (χ1n) is 4.24. The summed E-state index contributed by atoms with van der Waals surface area (Å²) < 4.78 is 9.74. The average Bonchev–Trinajstić information content (AvgIpc) is 2.16. The van der Waals surface area contributed by atoms with E-state index in [4.69, 9.17) is 9.16 Å². The Morgan fingerprint density at radius 3 is 2.85 bits per heavy atom. The number of unbranched alkanes of at least 4 members (excludes halogenated alkanes) is 1. The third kappa shape index (κ3) is 9.04. The van der Waals surface area contributed by atoms with Crippen LogP contribution in [0.5, 0.6) is 0 Å². The summed E-state index contributed by atoms with van der Waals surface area (Å²) in [6.07, 6.45) is 6.93. The maximum Gasteiger partial charge on any atom is 0.330 e. The predicted octanol–water partition coefficient (Wildman–Crippen LogP) is 0.349. The third-order valence-electron chi connectivity index (χ3n) is 1.36. The van der Waals surface area contributed by atoms with E-state index in [0.29, 0.717) is 13.2 Å². The Bertz CT molecular complexity index is 178. The molecule has 0 saturated heterocycles. The molecule has 0 atom stereocenters. The second kappa shape index (κ2) is 9.22. The number of allylic oxidation sites excluding steroid dienone is 1. The number of ether oxygens (including phenoxy) is 1. The van der Waals surface area contributed by atoms with Crippen LogP contribution in [0, 0.1) is 0 Å². The number of esters is 1. The summed E-state index contributed by atoms with van der Waals surface area (Å²) in [7, 11) is 0.775. The molecule has 4 heteroatoms. The first kappa shape index (κ1) is 12.1. The van der Waals surface area contributed by atoms with Crippen molar-refractivity contribution in [2.75, 3.05) is 13.2 Å². The van der Waals surface area contributed by atoms with E-state index >= 15 is 0 Å². The van der Waals surface area contributed by atoms with Gasteiger partial charge < -0.3 is 9.16 Å². The summed E-state index contributed by atoms with van der Waals surface area (Å²) in [4.78, 5) is 10.6. The minimum absolute atomic E-state index is 0.355. The van der Waals surface area contributed by atoms with Crippen molar-refractivity contribution in [1.29, 1.82) is 0 Å². The number of hydrogen-bond acceptors (Lipinski definition) is 3. The lowest BCUT2D eigenvalue weighted by Gasteiger charge is -1.98. The van der Waals surface area contributed by atoms with E-state index in [9.17, 15) is 4.79 Å². The molecule has 13 heavy (non-hydrogen) atoms. The van der Waals surface area contributed by atoms with Crippen molar-refractivity contribution < 1.29 is 14.0 Å². The van der Waals surface area contributed by atoms with Crippen molar-refractivity contribution >= 4 is 16.5 Å². The van der Waals surface area contributed by atoms with E-state index in [1.54, 1.807) is 0 Å². The van der Waals surface area contributed by atoms with Gasteiger partial charge in [-0.2, -0.15) is 0 Å². The molecule has 0 aliphatic heterocycles. The molecular weight excluding hydrogens is 184 g/mol. The van der Waals surface area contributed by atoms with Crippen LogP contribution in [0.4, 0.5) is 0 Å². The van der Waals surface area contributed by atoms with Gasteiger partial charge in [-0.1, -0.05) is 18.7 Å². The zero-order valence-electron chi connectivity index (χ0n) is 7.99. The van der Waals surface area contributed by atoms with Gasteiger partial charge in [0, 0.05) is 6.08 Å². The quantitative estimate of drug-likeness (QED) is 0.196. The van der Waals surface area contributed by atoms with Gasteiger partial charge in [-0.3, -0.25) is 0 Å². The molecule has 0 spiro atoms. The van der Waals surface area contributed by atoms with Crippen molar-refractivity contribution in [1.82, 2.24) is 0 Å². The molecule has 0 aromatic rings. The largest absolute Gasteiger partial charge is 0.463 e. The van der Waals surface area contributed by atoms with Crippen LogP contribution in [-0.4, -0.2) is 29.7 Å². The molecule has 0 heterocycles. The van der Waals surface area contributed by atoms with Crippen LogP contribution in [0.2, 0.25) is 0 Å². The molecule has 0 unspecified atom stereocenters. The van der Waals surface area contributed by atoms with E-state index in [2.05, 4.69) is 6.58 Å². The smallest absolute Gasteiger partial charge is 0.330 e. The van der Waals surface area contributed by atoms with E-state index in [1.165, 1.54) is 6.08 Å². The highest BCUT2D eigenvalue weighted by Gasteiger charge is 1.92. The van der Waals surface area contributed by atoms with E-state index in [1.807, 2.05) is 12.2 Å². The first-order valence-corrected chi connectivity index (χ1v) is 5.06. The second-order valence-electron chi connectivity index (χ2n) is 2.44. The van der Waals surface area contributed by atoms with Crippen LogP contribution in [0.1, 0.15) is 12.8 Å². The highest BCUT2D eigenvalue weighted by atomic mass is 28.2. The van der Waals surface area contributed by atoms with Gasteiger partial charge in [-0.25, -0.2) is 4.79 Å². The highest BCUT2D eigenvalue weighted by molar-refractivity contribution is 5.98. The van der Waals surface area contributed by atoms with Crippen LogP contribution in [0.15, 0.2) is 24.8 Å². The van der Waals surface area contributed by atoms with Crippen molar-refractivity contribution in [3.05, 3.63) is 24.8 Å². The summed E-state index contributed by atoms with van der Waals surface area (Å²) >= 11 is 0. The first-order chi connectivity index (χ1) is 6.31. The minimum atomic E-state index is -0.355. The Labute approximate surface area is 82.0 Å². The van der Waals surface area contributed by atoms with Gasteiger partial charge in [0.05, 0.1) is 13.2 Å². The Hall–Kier alpha value is -0.873. The van der Waals surface area contributed by atoms with Gasteiger partial charge in [0.25, 0.3) is 0 Å². The molecule has 0 N–H and O–H groups in total. The van der Waals surface area contributed by atoms with Crippen LogP contribution in [0.3, 0.4) is 0 Å². The fraction of sp³-hybridized carbons (Fsp3) is 0.444. The maximum absolute atomic E-state index is 10.6. The summed E-state index contributed by atoms with van der Waals surface area (Å²) in [5.41, 5.74) is 0. The second-order valence-corrected chi connectivity index (χ2v) is 3.02. The van der Waals surface area contributed by atoms with Crippen molar-refractivity contribution in [2.24, 2.45) is 0 Å². The zero-order chi connectivity index (χ0) is 9.94. The van der Waals surface area contributed by atoms with Crippen LogP contribution in [0.25, 0.3) is 0 Å². The van der Waals surface area contributed by atoms with Crippen LogP contribution < -0.4 is 0 Å². The van der Waals surface area contributed by atoms with Crippen molar-refractivity contribution in [2.45, 2.75) is 12.8 Å². The fourth-order valence-corrected chi connectivity index (χ4v) is 0.907. The Morgan fingerprint density at radius 2 is 2.23 bits per heavy atom. The Balaban J connectivity index is 3.16. The van der Waals surface area contributed by atoms with Gasteiger partial charge >= 0.3 is 5.97 Å². The summed E-state index contributed by atoms with van der Waals surface area (Å²) in [6.45, 7) is 4.45. The summed E-state index contributed by atoms with van der Waals surface area (Å²) in [5, 5.41) is 0. The van der Waals surface area contributed by atoms with Gasteiger partial charge in [0.15, 0.2) is 0 Å². The lowest BCUT2D eigenvalue weighted by molar-refractivity contribution is -0.137. The number of rotatable bonds is 7. The molecule has 0 aromatic heterocycles. The summed E-state index contributed by atoms with van der Waals surface area (Å²) in [5.74, 6) is -0.355. The third-order valence-corrected chi connectivity index (χ3v) is 1.69. The molecule has 74 valence electrons. The average molecular weight is 200 g/mol. The standard InChI is InChI=1S/C9H16O3Si/c1-2-9(10)11-7-5-3-4-6-8-12-13/h2,4,6H,1,3,5,7-8H2,13H3. The topological polar surface area (TPSA) is 35.5 Å². The molecule has 0 fully saturated rings. The Morgan fingerprint density at radius 1 is 1.46 bits per heavy atom. The molecule has 0 rings (SSSR count). The zero-order valence-corrected chi connectivity index (χ0v) is 9.99. The molecule has 0 bridgehead atoms. The van der Waals surface area contributed by atoms with Gasteiger partial charge in [0.2, 0.25) is 0 Å². The number of carbonyl (C=O) groups is 1. The van der Waals surface area contributed by atoms with E-state index in [0.717, 1.165) is 23.3 Å². The molecule has 0 amide bonds. The predicted molar refractivity (Wildman–Crippen MR) is 55.4 cm³/mol. The van der Waals surface area contributed by atoms with Gasteiger partial charge in [-0.05, 0) is 12.8 Å². The van der Waals surface area contributed by atoms with Gasteiger partial charge in [0.1, 0.15) is 10.5 Å². The molecule has 0 aliphatic rings. The molecule has 0 aromatic carbocycles. The fourth-order valence-electron chi connectivity index (χ4n) is 0.715. The van der Waals surface area contributed by atoms with E-state index < -0.39 is 0 Å². The minimum Gasteiger partial charge on any atom is -0.463 e. The molecule has 3 nitrogen and oxygen atoms in total. The van der Waals surface area contributed by atoms with Gasteiger partial charge in [-0.15, -0.1) is 0 Å². The number of hydrogen-bond donors (Lipinski definition) is 0. The normalized spacial score (nSPS) is 10.5. The summed E-state index contributed by atoms with van der Waals surface area (Å²) in [6, 6.07) is 0. The van der Waals surface area contributed by atoms with E-state index in [-0.39, 0.29) is 5.97 Å². The highest BCUT2D eigenvalue weighted by Crippen LogP contribution is 1.92. The molecular formula is C9H16O3Si. The Kier molecular flexibility index (Phi) is 8.60. The monoisotopic (exact) mass is 200 g/mol. The molecule has 0 radical (unpaired) electrons. The number of carbonyl (C=O) groups excluding carboxylic acids is 1. The molecule has 0 aliphatic carbocycles. The van der Waals surface area contributed by atoms with Crippen LogP contribution in [-0.2, 0) is 14.0 Å². The lowest BCUT2D eigenvalue weighted by Crippen LogP contribution is -2.01.